The van der Waals surface area contributed by atoms with Crippen molar-refractivity contribution in [2.45, 2.75) is 25.8 Å². The fourth-order valence-corrected chi connectivity index (χ4v) is 2.55. The lowest BCUT2D eigenvalue weighted by molar-refractivity contribution is -0.137. The highest BCUT2D eigenvalue weighted by Gasteiger charge is 2.40. The lowest BCUT2D eigenvalue weighted by Gasteiger charge is -2.36. The highest BCUT2D eigenvalue weighted by molar-refractivity contribution is 5.83. The van der Waals surface area contributed by atoms with Crippen LogP contribution in [0.25, 0.3) is 0 Å². The molecule has 2 rings (SSSR count). The molecule has 0 bridgehead atoms. The van der Waals surface area contributed by atoms with Crippen LogP contribution >= 0.6 is 0 Å². The van der Waals surface area contributed by atoms with Crippen molar-refractivity contribution in [1.82, 2.24) is 20.6 Å². The zero-order chi connectivity index (χ0) is 13.7. The van der Waals surface area contributed by atoms with Crippen LogP contribution in [0.4, 0.5) is 0 Å². The van der Waals surface area contributed by atoms with Crippen molar-refractivity contribution < 1.29 is 9.53 Å². The van der Waals surface area contributed by atoms with Gasteiger partial charge in [-0.15, -0.1) is 0 Å². The number of ether oxygens (including phenoxy) is 1. The van der Waals surface area contributed by atoms with E-state index in [1.165, 1.54) is 0 Å². The SMILES string of the molecule is COCC1(C(=O)NC(C)c2ncc[nH]2)CCNCC1. The first-order valence-corrected chi connectivity index (χ1v) is 6.68. The minimum Gasteiger partial charge on any atom is -0.384 e. The number of methoxy groups -OCH3 is 1. The van der Waals surface area contributed by atoms with E-state index in [2.05, 4.69) is 20.6 Å². The smallest absolute Gasteiger partial charge is 0.229 e. The zero-order valence-corrected chi connectivity index (χ0v) is 11.5. The number of nitrogens with zero attached hydrogens (tertiary/aromatic N) is 1. The summed E-state index contributed by atoms with van der Waals surface area (Å²) in [7, 11) is 1.65. The van der Waals surface area contributed by atoms with Gasteiger partial charge in [0, 0.05) is 19.5 Å². The highest BCUT2D eigenvalue weighted by atomic mass is 16.5. The standard InChI is InChI=1S/C13H22N4O2/c1-10(11-15-7-8-16-11)17-12(18)13(9-19-2)3-5-14-6-4-13/h7-8,10,14H,3-6,9H2,1-2H3,(H,15,16)(H,17,18). The van der Waals surface area contributed by atoms with Crippen molar-refractivity contribution in [2.24, 2.45) is 5.41 Å². The summed E-state index contributed by atoms with van der Waals surface area (Å²) < 4.78 is 5.27. The van der Waals surface area contributed by atoms with Crippen LogP contribution in [0.3, 0.4) is 0 Å². The van der Waals surface area contributed by atoms with Crippen LogP contribution in [0.1, 0.15) is 31.6 Å². The molecule has 1 amide bonds. The lowest BCUT2D eigenvalue weighted by Crippen LogP contribution is -2.50. The van der Waals surface area contributed by atoms with Gasteiger partial charge in [0.15, 0.2) is 0 Å². The average Bonchev–Trinajstić information content (AvgIpc) is 2.94. The van der Waals surface area contributed by atoms with Gasteiger partial charge in [-0.25, -0.2) is 4.98 Å². The van der Waals surface area contributed by atoms with E-state index in [4.69, 9.17) is 4.74 Å². The van der Waals surface area contributed by atoms with E-state index in [1.54, 1.807) is 19.5 Å². The molecule has 19 heavy (non-hydrogen) atoms. The van der Waals surface area contributed by atoms with Gasteiger partial charge in [0.2, 0.25) is 5.91 Å². The average molecular weight is 266 g/mol. The van der Waals surface area contributed by atoms with Gasteiger partial charge in [-0.3, -0.25) is 4.79 Å². The molecule has 0 radical (unpaired) electrons. The molecule has 0 aromatic carbocycles. The molecular formula is C13H22N4O2. The number of carbonyl (C=O) groups is 1. The number of amides is 1. The molecule has 1 fully saturated rings. The van der Waals surface area contributed by atoms with Gasteiger partial charge >= 0.3 is 0 Å². The molecule has 1 aliphatic rings. The largest absolute Gasteiger partial charge is 0.384 e. The Morgan fingerprint density at radius 2 is 2.32 bits per heavy atom. The molecule has 1 atom stereocenters. The summed E-state index contributed by atoms with van der Waals surface area (Å²) in [6.45, 7) is 4.10. The minimum absolute atomic E-state index is 0.0553. The fraction of sp³-hybridized carbons (Fsp3) is 0.692. The van der Waals surface area contributed by atoms with Gasteiger partial charge < -0.3 is 20.4 Å². The third kappa shape index (κ3) is 3.13. The molecule has 0 aliphatic carbocycles. The number of imidazole rings is 1. The number of hydrogen-bond donors (Lipinski definition) is 3. The van der Waals surface area contributed by atoms with Crippen LogP contribution in [-0.2, 0) is 9.53 Å². The Kier molecular flexibility index (Phi) is 4.55. The predicted octanol–water partition coefficient (Wildman–Crippen LogP) is 0.603. The van der Waals surface area contributed by atoms with Crippen molar-refractivity contribution in [3.8, 4) is 0 Å². The van der Waals surface area contributed by atoms with E-state index in [0.29, 0.717) is 6.61 Å². The van der Waals surface area contributed by atoms with E-state index < -0.39 is 5.41 Å². The summed E-state index contributed by atoms with van der Waals surface area (Å²) in [5.41, 5.74) is -0.416. The first-order valence-electron chi connectivity index (χ1n) is 6.68. The number of piperidine rings is 1. The molecule has 1 aromatic rings. The number of hydrogen-bond acceptors (Lipinski definition) is 4. The third-order valence-corrected chi connectivity index (χ3v) is 3.74. The molecule has 1 aromatic heterocycles. The molecule has 0 saturated carbocycles. The second-order valence-corrected chi connectivity index (χ2v) is 5.13. The van der Waals surface area contributed by atoms with Crippen LogP contribution in [0.2, 0.25) is 0 Å². The molecule has 2 heterocycles. The number of aromatic nitrogens is 2. The van der Waals surface area contributed by atoms with E-state index in [0.717, 1.165) is 31.8 Å². The van der Waals surface area contributed by atoms with Crippen LogP contribution in [0.15, 0.2) is 12.4 Å². The maximum Gasteiger partial charge on any atom is 0.229 e. The summed E-state index contributed by atoms with van der Waals surface area (Å²) in [6.07, 6.45) is 5.05. The number of nitrogens with one attached hydrogen (secondary N) is 3. The Balaban J connectivity index is 2.03. The van der Waals surface area contributed by atoms with E-state index >= 15 is 0 Å². The van der Waals surface area contributed by atoms with Crippen molar-refractivity contribution in [2.75, 3.05) is 26.8 Å². The third-order valence-electron chi connectivity index (χ3n) is 3.74. The van der Waals surface area contributed by atoms with Gasteiger partial charge in [-0.2, -0.15) is 0 Å². The number of H-pyrrole nitrogens is 1. The summed E-state index contributed by atoms with van der Waals surface area (Å²) in [4.78, 5) is 19.7. The summed E-state index contributed by atoms with van der Waals surface area (Å²) in [6, 6.07) is -0.119. The number of aromatic amines is 1. The van der Waals surface area contributed by atoms with Gasteiger partial charge in [0.1, 0.15) is 5.82 Å². The van der Waals surface area contributed by atoms with Crippen LogP contribution in [-0.4, -0.2) is 42.7 Å². The number of rotatable bonds is 5. The van der Waals surface area contributed by atoms with Crippen molar-refractivity contribution in [3.05, 3.63) is 18.2 Å². The van der Waals surface area contributed by atoms with Crippen LogP contribution in [0.5, 0.6) is 0 Å². The quantitative estimate of drug-likeness (QED) is 0.729. The topological polar surface area (TPSA) is 79.0 Å². The van der Waals surface area contributed by atoms with E-state index in [1.807, 2.05) is 6.92 Å². The molecule has 106 valence electrons. The predicted molar refractivity (Wildman–Crippen MR) is 71.6 cm³/mol. The maximum absolute atomic E-state index is 12.6. The molecule has 6 heteroatoms. The Bertz CT molecular complexity index is 393. The molecule has 1 saturated heterocycles. The Hall–Kier alpha value is -1.40. The molecule has 1 unspecified atom stereocenters. The lowest BCUT2D eigenvalue weighted by atomic mass is 9.78. The molecule has 1 aliphatic heterocycles. The van der Waals surface area contributed by atoms with Crippen molar-refractivity contribution in [1.29, 1.82) is 0 Å². The zero-order valence-electron chi connectivity index (χ0n) is 11.5. The Morgan fingerprint density at radius 3 is 2.89 bits per heavy atom. The fourth-order valence-electron chi connectivity index (χ4n) is 2.55. The van der Waals surface area contributed by atoms with Gasteiger partial charge in [0.05, 0.1) is 18.1 Å². The van der Waals surface area contributed by atoms with E-state index in [9.17, 15) is 4.79 Å². The van der Waals surface area contributed by atoms with Crippen molar-refractivity contribution >= 4 is 5.91 Å². The summed E-state index contributed by atoms with van der Waals surface area (Å²) in [5.74, 6) is 0.828. The molecular weight excluding hydrogens is 244 g/mol. The second-order valence-electron chi connectivity index (χ2n) is 5.13. The van der Waals surface area contributed by atoms with Gasteiger partial charge in [0.25, 0.3) is 0 Å². The summed E-state index contributed by atoms with van der Waals surface area (Å²) >= 11 is 0. The normalized spacial score (nSPS) is 19.9. The maximum atomic E-state index is 12.6. The first kappa shape index (κ1) is 14.0. The minimum atomic E-state index is -0.416. The van der Waals surface area contributed by atoms with Gasteiger partial charge in [-0.05, 0) is 32.9 Å². The molecule has 3 N–H and O–H groups in total. The first-order chi connectivity index (χ1) is 9.18. The Morgan fingerprint density at radius 1 is 1.58 bits per heavy atom. The van der Waals surface area contributed by atoms with Crippen LogP contribution < -0.4 is 10.6 Å². The molecule has 0 spiro atoms. The summed E-state index contributed by atoms with van der Waals surface area (Å²) in [5, 5.41) is 6.32. The number of carbonyl (C=O) groups excluding carboxylic acids is 1. The molecule has 6 nitrogen and oxygen atoms in total. The Labute approximate surface area is 113 Å². The monoisotopic (exact) mass is 266 g/mol. The van der Waals surface area contributed by atoms with Gasteiger partial charge in [-0.1, -0.05) is 0 Å². The van der Waals surface area contributed by atoms with Crippen molar-refractivity contribution in [3.63, 3.8) is 0 Å². The highest BCUT2D eigenvalue weighted by Crippen LogP contribution is 2.30. The second kappa shape index (κ2) is 6.16. The van der Waals surface area contributed by atoms with Crippen LogP contribution in [0, 0.1) is 5.41 Å². The van der Waals surface area contributed by atoms with E-state index in [-0.39, 0.29) is 11.9 Å².